The van der Waals surface area contributed by atoms with Crippen molar-refractivity contribution in [2.24, 2.45) is 0 Å². The molecule has 7 heteroatoms. The molecular formula is C18H20N2O4S. The Hall–Kier alpha value is -2.54. The van der Waals surface area contributed by atoms with Crippen LogP contribution in [0.3, 0.4) is 0 Å². The topological polar surface area (TPSA) is 66.9 Å². The molecule has 1 heterocycles. The minimum absolute atomic E-state index is 0.110. The molecule has 1 atom stereocenters. The van der Waals surface area contributed by atoms with E-state index >= 15 is 0 Å². The maximum Gasteiger partial charge on any atom is 0.264 e. The molecule has 1 aliphatic rings. The SMILES string of the molecule is COc1ccc(S(=O)(=O)N2CC(C)N(C(C)=O)c3ccccc32)cc1. The zero-order valence-electron chi connectivity index (χ0n) is 14.3. The Bertz CT molecular complexity index is 894. The number of fused-ring (bicyclic) bond motifs is 1. The fourth-order valence-electron chi connectivity index (χ4n) is 3.12. The standard InChI is InChI=1S/C18H20N2O4S/c1-13-12-19(17-6-4-5-7-18(17)20(13)14(2)21)25(22,23)16-10-8-15(24-3)9-11-16/h4-11,13H,12H2,1-3H3. The molecule has 25 heavy (non-hydrogen) atoms. The predicted molar refractivity (Wildman–Crippen MR) is 96.6 cm³/mol. The number of hydrogen-bond donors (Lipinski definition) is 0. The van der Waals surface area contributed by atoms with E-state index in [0.29, 0.717) is 17.1 Å². The summed E-state index contributed by atoms with van der Waals surface area (Å²) in [7, 11) is -2.21. The molecule has 1 amide bonds. The highest BCUT2D eigenvalue weighted by Gasteiger charge is 2.36. The molecule has 132 valence electrons. The summed E-state index contributed by atoms with van der Waals surface area (Å²) in [6.45, 7) is 3.53. The fourth-order valence-corrected chi connectivity index (χ4v) is 4.68. The molecule has 0 radical (unpaired) electrons. The highest BCUT2D eigenvalue weighted by atomic mass is 32.2. The molecule has 0 bridgehead atoms. The van der Waals surface area contributed by atoms with E-state index in [0.717, 1.165) is 0 Å². The Morgan fingerprint density at radius 2 is 1.68 bits per heavy atom. The number of anilines is 2. The third-order valence-electron chi connectivity index (χ3n) is 4.27. The van der Waals surface area contributed by atoms with Gasteiger partial charge in [0.15, 0.2) is 0 Å². The van der Waals surface area contributed by atoms with Gasteiger partial charge in [-0.2, -0.15) is 0 Å². The molecule has 0 saturated heterocycles. The van der Waals surface area contributed by atoms with Gasteiger partial charge in [0.25, 0.3) is 10.0 Å². The van der Waals surface area contributed by atoms with Crippen molar-refractivity contribution < 1.29 is 17.9 Å². The first-order chi connectivity index (χ1) is 11.9. The van der Waals surface area contributed by atoms with Gasteiger partial charge in [-0.25, -0.2) is 8.42 Å². The van der Waals surface area contributed by atoms with Crippen LogP contribution >= 0.6 is 0 Å². The first kappa shape index (κ1) is 17.3. The Labute approximate surface area is 147 Å². The number of carbonyl (C=O) groups is 1. The minimum Gasteiger partial charge on any atom is -0.497 e. The molecule has 0 spiro atoms. The second-order valence-electron chi connectivity index (χ2n) is 5.94. The molecule has 2 aromatic carbocycles. The Kier molecular flexibility index (Phi) is 4.43. The minimum atomic E-state index is -3.74. The van der Waals surface area contributed by atoms with Crippen LogP contribution in [0.1, 0.15) is 13.8 Å². The van der Waals surface area contributed by atoms with Gasteiger partial charge in [-0.05, 0) is 43.3 Å². The van der Waals surface area contributed by atoms with Gasteiger partial charge in [-0.3, -0.25) is 9.10 Å². The zero-order valence-corrected chi connectivity index (χ0v) is 15.2. The lowest BCUT2D eigenvalue weighted by molar-refractivity contribution is -0.117. The third kappa shape index (κ3) is 2.95. The molecule has 2 aromatic rings. The molecule has 0 aliphatic carbocycles. The smallest absolute Gasteiger partial charge is 0.264 e. The van der Waals surface area contributed by atoms with Gasteiger partial charge >= 0.3 is 0 Å². The summed E-state index contributed by atoms with van der Waals surface area (Å²) in [5, 5.41) is 0. The predicted octanol–water partition coefficient (Wildman–Crippen LogP) is 2.65. The second-order valence-corrected chi connectivity index (χ2v) is 7.80. The summed E-state index contributed by atoms with van der Waals surface area (Å²) in [6, 6.07) is 13.1. The van der Waals surface area contributed by atoms with Crippen LogP contribution in [-0.4, -0.2) is 34.0 Å². The molecule has 0 fully saturated rings. The molecule has 1 unspecified atom stereocenters. The van der Waals surface area contributed by atoms with Crippen LogP contribution in [0.15, 0.2) is 53.4 Å². The maximum absolute atomic E-state index is 13.2. The largest absolute Gasteiger partial charge is 0.497 e. The molecule has 1 aliphatic heterocycles. The van der Waals surface area contributed by atoms with Gasteiger partial charge < -0.3 is 9.64 Å². The number of amides is 1. The summed E-state index contributed by atoms with van der Waals surface area (Å²) in [4.78, 5) is 13.8. The van der Waals surface area contributed by atoms with E-state index < -0.39 is 10.0 Å². The molecular weight excluding hydrogens is 340 g/mol. The summed E-state index contributed by atoms with van der Waals surface area (Å²) >= 11 is 0. The van der Waals surface area contributed by atoms with Gasteiger partial charge in [0, 0.05) is 6.92 Å². The number of sulfonamides is 1. The van der Waals surface area contributed by atoms with E-state index in [1.54, 1.807) is 41.3 Å². The van der Waals surface area contributed by atoms with Crippen LogP contribution in [0.25, 0.3) is 0 Å². The normalized spacial score (nSPS) is 17.2. The van der Waals surface area contributed by atoms with Crippen molar-refractivity contribution in [2.45, 2.75) is 24.8 Å². The first-order valence-corrected chi connectivity index (χ1v) is 9.36. The highest BCUT2D eigenvalue weighted by molar-refractivity contribution is 7.92. The average Bonchev–Trinajstić information content (AvgIpc) is 2.60. The fraction of sp³-hybridized carbons (Fsp3) is 0.278. The van der Waals surface area contributed by atoms with E-state index in [4.69, 9.17) is 4.74 Å². The van der Waals surface area contributed by atoms with E-state index in [9.17, 15) is 13.2 Å². The van der Waals surface area contributed by atoms with Crippen molar-refractivity contribution >= 4 is 27.3 Å². The average molecular weight is 360 g/mol. The summed E-state index contributed by atoms with van der Waals surface area (Å²) in [6.07, 6.45) is 0. The van der Waals surface area contributed by atoms with Crippen molar-refractivity contribution in [2.75, 3.05) is 22.9 Å². The van der Waals surface area contributed by atoms with Crippen LogP contribution in [-0.2, 0) is 14.8 Å². The van der Waals surface area contributed by atoms with Crippen molar-refractivity contribution in [3.8, 4) is 5.75 Å². The third-order valence-corrected chi connectivity index (χ3v) is 6.06. The highest BCUT2D eigenvalue weighted by Crippen LogP contribution is 2.38. The monoisotopic (exact) mass is 360 g/mol. The number of para-hydroxylation sites is 2. The number of methoxy groups -OCH3 is 1. The van der Waals surface area contributed by atoms with Gasteiger partial charge in [-0.15, -0.1) is 0 Å². The lowest BCUT2D eigenvalue weighted by Crippen LogP contribution is -2.51. The summed E-state index contributed by atoms with van der Waals surface area (Å²) < 4.78 is 32.8. The number of benzene rings is 2. The van der Waals surface area contributed by atoms with Crippen molar-refractivity contribution in [1.82, 2.24) is 0 Å². The number of hydrogen-bond acceptors (Lipinski definition) is 4. The van der Waals surface area contributed by atoms with Crippen LogP contribution in [0.4, 0.5) is 11.4 Å². The quantitative estimate of drug-likeness (QED) is 0.844. The number of ether oxygens (including phenoxy) is 1. The van der Waals surface area contributed by atoms with Gasteiger partial charge in [-0.1, -0.05) is 12.1 Å². The number of carbonyl (C=O) groups excluding carboxylic acids is 1. The zero-order chi connectivity index (χ0) is 18.2. The van der Waals surface area contributed by atoms with E-state index in [1.807, 2.05) is 6.92 Å². The molecule has 0 N–H and O–H groups in total. The Morgan fingerprint density at radius 1 is 1.08 bits per heavy atom. The van der Waals surface area contributed by atoms with E-state index in [2.05, 4.69) is 0 Å². The Balaban J connectivity index is 2.09. The molecule has 0 aromatic heterocycles. The van der Waals surface area contributed by atoms with Crippen molar-refractivity contribution in [3.63, 3.8) is 0 Å². The Morgan fingerprint density at radius 3 is 2.24 bits per heavy atom. The second kappa shape index (κ2) is 6.40. The van der Waals surface area contributed by atoms with Crippen LogP contribution in [0.2, 0.25) is 0 Å². The van der Waals surface area contributed by atoms with Gasteiger partial charge in [0.05, 0.1) is 36.0 Å². The van der Waals surface area contributed by atoms with Crippen LogP contribution in [0.5, 0.6) is 5.75 Å². The van der Waals surface area contributed by atoms with Gasteiger partial charge in [0.2, 0.25) is 5.91 Å². The number of rotatable bonds is 3. The molecule has 3 rings (SSSR count). The number of nitrogens with zero attached hydrogens (tertiary/aromatic N) is 2. The van der Waals surface area contributed by atoms with Crippen molar-refractivity contribution in [1.29, 1.82) is 0 Å². The molecule has 6 nitrogen and oxygen atoms in total. The van der Waals surface area contributed by atoms with Crippen LogP contribution in [0, 0.1) is 0 Å². The molecule has 0 saturated carbocycles. The lowest BCUT2D eigenvalue weighted by Gasteiger charge is -2.40. The van der Waals surface area contributed by atoms with Gasteiger partial charge in [0.1, 0.15) is 5.75 Å². The lowest BCUT2D eigenvalue weighted by atomic mass is 10.1. The summed E-state index contributed by atoms with van der Waals surface area (Å²) in [5.41, 5.74) is 1.11. The van der Waals surface area contributed by atoms with Crippen molar-refractivity contribution in [3.05, 3.63) is 48.5 Å². The summed E-state index contributed by atoms with van der Waals surface area (Å²) in [5.74, 6) is 0.482. The van der Waals surface area contributed by atoms with Crippen LogP contribution < -0.4 is 13.9 Å². The first-order valence-electron chi connectivity index (χ1n) is 7.92. The van der Waals surface area contributed by atoms with E-state index in [-0.39, 0.29) is 23.4 Å². The van der Waals surface area contributed by atoms with E-state index in [1.165, 1.54) is 30.5 Å². The maximum atomic E-state index is 13.2.